The number of hydrogen-bond donors (Lipinski definition) is 6. The number of alkyl halides is 3. The maximum Gasteiger partial charge on any atom is 0.490 e. The van der Waals surface area contributed by atoms with Gasteiger partial charge >= 0.3 is 36.1 Å². The van der Waals surface area contributed by atoms with Crippen LogP contribution in [-0.4, -0.2) is 74.7 Å². The fraction of sp³-hybridized carbons (Fsp3) is 0.273. The number of nitrogens with two attached hydrogens (primary N) is 1. The van der Waals surface area contributed by atoms with Crippen molar-refractivity contribution in [3.63, 3.8) is 0 Å². The van der Waals surface area contributed by atoms with Crippen molar-refractivity contribution >= 4 is 47.1 Å². The van der Waals surface area contributed by atoms with E-state index in [1.54, 1.807) is 6.07 Å². The molecule has 1 atom stereocenters. The number of carboxylic acid groups (broad SMARTS) is 3. The second-order valence-electron chi connectivity index (χ2n) is 7.92. The van der Waals surface area contributed by atoms with Gasteiger partial charge in [-0.3, -0.25) is 10.2 Å². The van der Waals surface area contributed by atoms with Crippen LogP contribution in [0.5, 0.6) is 5.75 Å². The molecular formula is C22H20F4N4O9S. The van der Waals surface area contributed by atoms with E-state index in [1.165, 1.54) is 17.0 Å². The fourth-order valence-corrected chi connectivity index (χ4v) is 4.21. The van der Waals surface area contributed by atoms with Gasteiger partial charge in [0.25, 0.3) is 0 Å². The Bertz CT molecular complexity index is 1350. The number of aliphatic carboxylic acids is 3. The van der Waals surface area contributed by atoms with Gasteiger partial charge in [0, 0.05) is 17.0 Å². The lowest BCUT2D eigenvalue weighted by Gasteiger charge is -2.28. The molecule has 0 spiro atoms. The van der Waals surface area contributed by atoms with Gasteiger partial charge in [0.1, 0.15) is 16.8 Å². The van der Waals surface area contributed by atoms with Gasteiger partial charge in [-0.2, -0.15) is 13.2 Å². The van der Waals surface area contributed by atoms with Gasteiger partial charge in [-0.05, 0) is 36.2 Å². The molecule has 7 N–H and O–H groups in total. The summed E-state index contributed by atoms with van der Waals surface area (Å²) in [4.78, 5) is 57.9. The molecule has 0 saturated carbocycles. The number of halogens is 4. The lowest BCUT2D eigenvalue weighted by Crippen LogP contribution is -2.49. The minimum atomic E-state index is -5.08. The highest BCUT2D eigenvalue weighted by Crippen LogP contribution is 2.30. The average Bonchev–Trinajstić information content (AvgIpc) is 3.27. The van der Waals surface area contributed by atoms with Crippen molar-refractivity contribution in [1.82, 2.24) is 10.2 Å². The van der Waals surface area contributed by atoms with Gasteiger partial charge < -0.3 is 36.0 Å². The van der Waals surface area contributed by atoms with Gasteiger partial charge in [-0.1, -0.05) is 0 Å². The van der Waals surface area contributed by atoms with Gasteiger partial charge in [0.05, 0.1) is 13.0 Å². The molecule has 1 aromatic carbocycles. The van der Waals surface area contributed by atoms with E-state index in [-0.39, 0.29) is 35.1 Å². The number of benzene rings is 1. The van der Waals surface area contributed by atoms with Crippen molar-refractivity contribution in [3.8, 4) is 5.75 Å². The van der Waals surface area contributed by atoms with E-state index in [4.69, 9.17) is 36.0 Å². The predicted molar refractivity (Wildman–Crippen MR) is 127 cm³/mol. The van der Waals surface area contributed by atoms with Crippen molar-refractivity contribution in [3.05, 3.63) is 51.0 Å². The van der Waals surface area contributed by atoms with Gasteiger partial charge in [0.2, 0.25) is 0 Å². The number of esters is 1. The van der Waals surface area contributed by atoms with Crippen molar-refractivity contribution in [2.45, 2.75) is 31.6 Å². The van der Waals surface area contributed by atoms with Gasteiger partial charge in [-0.25, -0.2) is 23.6 Å². The highest BCUT2D eigenvalue weighted by molar-refractivity contribution is 7.14. The van der Waals surface area contributed by atoms with Crippen molar-refractivity contribution in [1.29, 1.82) is 5.41 Å². The van der Waals surface area contributed by atoms with Crippen molar-refractivity contribution < 1.29 is 61.6 Å². The Morgan fingerprint density at radius 2 is 1.77 bits per heavy atom. The zero-order chi connectivity index (χ0) is 30.4. The Balaban J connectivity index is 0.000000708. The van der Waals surface area contributed by atoms with Gasteiger partial charge in [0.15, 0.2) is 11.6 Å². The molecule has 2 aromatic rings. The van der Waals surface area contributed by atoms with Crippen LogP contribution in [0.1, 0.15) is 32.1 Å². The number of nitrogen functional groups attached to an aromatic ring is 1. The molecule has 1 aliphatic heterocycles. The molecule has 216 valence electrons. The van der Waals surface area contributed by atoms with Crippen LogP contribution in [0.4, 0.5) is 22.4 Å². The minimum Gasteiger partial charge on any atom is -0.481 e. The third kappa shape index (κ3) is 8.65. The highest BCUT2D eigenvalue weighted by Gasteiger charge is 2.38. The molecule has 1 aliphatic rings. The summed E-state index contributed by atoms with van der Waals surface area (Å²) in [6, 6.07) is 2.80. The lowest BCUT2D eigenvalue weighted by atomic mass is 10.1. The van der Waals surface area contributed by atoms with E-state index in [0.717, 1.165) is 23.0 Å². The fourth-order valence-electron chi connectivity index (χ4n) is 3.11. The molecule has 0 radical (unpaired) electrons. The standard InChI is InChI=1S/C20H19FN4O7S.C2HF3O2/c21-11-5-10(17(22)23)1-2-13(11)32-19(30)14-6-9-3-4-25(8-15(9)33-14)20(31)24-12(18(28)29)7-16(26)27;3-2(4,5)1(6)7/h1-2,5-6,12H,3-4,7-8H2,(H3,22,23)(H,24,31)(H,26,27)(H,28,29);(H,6,7)/t12-;/m0./s1. The molecule has 2 heterocycles. The van der Waals surface area contributed by atoms with Crippen LogP contribution < -0.4 is 15.8 Å². The number of carbonyl (C=O) groups is 5. The molecular weight excluding hydrogens is 572 g/mol. The smallest absolute Gasteiger partial charge is 0.481 e. The number of amidine groups is 1. The average molecular weight is 592 g/mol. The number of carbonyl (C=O) groups excluding carboxylic acids is 2. The van der Waals surface area contributed by atoms with Crippen molar-refractivity contribution in [2.75, 3.05) is 6.54 Å². The summed E-state index contributed by atoms with van der Waals surface area (Å²) in [6.45, 7) is 0.310. The second-order valence-corrected chi connectivity index (χ2v) is 9.06. The first kappa shape index (κ1) is 31.5. The van der Waals surface area contributed by atoms with E-state index in [1.807, 2.05) is 0 Å². The molecule has 0 unspecified atom stereocenters. The normalized spacial score (nSPS) is 13.2. The maximum absolute atomic E-state index is 14.1. The van der Waals surface area contributed by atoms with Crippen LogP contribution in [0.2, 0.25) is 0 Å². The van der Waals surface area contributed by atoms with Crippen LogP contribution in [0.3, 0.4) is 0 Å². The number of rotatable bonds is 7. The molecule has 0 aliphatic carbocycles. The number of urea groups is 1. The van der Waals surface area contributed by atoms with Crippen LogP contribution in [-0.2, 0) is 27.3 Å². The van der Waals surface area contributed by atoms with Crippen LogP contribution in [0.25, 0.3) is 0 Å². The number of hydrogen-bond acceptors (Lipinski definition) is 8. The van der Waals surface area contributed by atoms with Crippen molar-refractivity contribution in [2.24, 2.45) is 5.73 Å². The monoisotopic (exact) mass is 592 g/mol. The summed E-state index contributed by atoms with van der Waals surface area (Å²) in [7, 11) is 0. The molecule has 40 heavy (non-hydrogen) atoms. The van der Waals surface area contributed by atoms with Gasteiger partial charge in [-0.15, -0.1) is 11.3 Å². The Hall–Kier alpha value is -4.74. The first-order valence-electron chi connectivity index (χ1n) is 10.8. The van der Waals surface area contributed by atoms with E-state index in [0.29, 0.717) is 11.3 Å². The molecule has 2 amide bonds. The van der Waals surface area contributed by atoms with E-state index >= 15 is 0 Å². The largest absolute Gasteiger partial charge is 0.490 e. The summed E-state index contributed by atoms with van der Waals surface area (Å²) in [5.74, 6) is -7.89. The maximum atomic E-state index is 14.1. The zero-order valence-corrected chi connectivity index (χ0v) is 20.8. The number of nitrogens with one attached hydrogen (secondary N) is 2. The predicted octanol–water partition coefficient (Wildman–Crippen LogP) is 2.02. The molecule has 0 fully saturated rings. The molecule has 18 heteroatoms. The van der Waals surface area contributed by atoms with Crippen LogP contribution in [0.15, 0.2) is 24.3 Å². The summed E-state index contributed by atoms with van der Waals surface area (Å²) in [5, 5.41) is 34.5. The second kappa shape index (κ2) is 12.9. The first-order valence-corrected chi connectivity index (χ1v) is 11.6. The summed E-state index contributed by atoms with van der Waals surface area (Å²) >= 11 is 1.05. The number of thiophene rings is 1. The molecule has 1 aromatic heterocycles. The number of carboxylic acids is 3. The molecule has 0 saturated heterocycles. The summed E-state index contributed by atoms with van der Waals surface area (Å²) in [6.07, 6.45) is -5.47. The SMILES string of the molecule is N=C(N)c1ccc(OC(=O)c2cc3c(s2)CN(C(=O)N[C@@H](CC(=O)O)C(=O)O)CC3)c(F)c1.O=C(O)C(F)(F)F. The third-order valence-corrected chi connectivity index (χ3v) is 6.18. The highest BCUT2D eigenvalue weighted by atomic mass is 32.1. The Morgan fingerprint density at radius 3 is 2.27 bits per heavy atom. The molecule has 3 rings (SSSR count). The number of ether oxygens (including phenoxy) is 1. The van der Waals surface area contributed by atoms with E-state index in [9.17, 15) is 36.7 Å². The van der Waals surface area contributed by atoms with Crippen LogP contribution >= 0.6 is 11.3 Å². The molecule has 0 bridgehead atoms. The van der Waals surface area contributed by atoms with E-state index in [2.05, 4.69) is 5.32 Å². The summed E-state index contributed by atoms with van der Waals surface area (Å²) in [5.41, 5.74) is 6.24. The Labute approximate surface area is 225 Å². The quantitative estimate of drug-likeness (QED) is 0.0903. The number of fused-ring (bicyclic) bond motifs is 1. The number of nitrogens with zero attached hydrogens (tertiary/aromatic N) is 1. The first-order chi connectivity index (χ1) is 18.5. The van der Waals surface area contributed by atoms with E-state index < -0.39 is 54.4 Å². The lowest BCUT2D eigenvalue weighted by molar-refractivity contribution is -0.192. The number of amides is 2. The molecule has 13 nitrogen and oxygen atoms in total. The third-order valence-electron chi connectivity index (χ3n) is 5.03. The Kier molecular flexibility index (Phi) is 10.1. The summed E-state index contributed by atoms with van der Waals surface area (Å²) < 4.78 is 51.0. The topological polar surface area (TPSA) is 220 Å². The Morgan fingerprint density at radius 1 is 1.15 bits per heavy atom. The zero-order valence-electron chi connectivity index (χ0n) is 20.0. The van der Waals surface area contributed by atoms with Crippen LogP contribution in [0, 0.1) is 11.2 Å². The minimum absolute atomic E-state index is 0.0835.